The molecule has 0 bridgehead atoms. The Morgan fingerprint density at radius 2 is 0.600 bits per heavy atom. The van der Waals surface area contributed by atoms with Crippen LogP contribution < -0.4 is 56.5 Å². The molecule has 2 N–H and O–H groups in total. The second kappa shape index (κ2) is 56.5. The zero-order valence-electron chi connectivity index (χ0n) is 82.0. The fourth-order valence-electron chi connectivity index (χ4n) is 14.8. The number of benzene rings is 12. The molecular weight excluding hydrogens is 1850 g/mol. The van der Waals surface area contributed by atoms with Crippen LogP contribution in [0.25, 0.3) is 54.2 Å². The molecule has 12 aromatic rings. The lowest BCUT2D eigenvalue weighted by atomic mass is 9.73. The molecule has 1 heterocycles. The predicted octanol–water partition coefficient (Wildman–Crippen LogP) is 26.4. The van der Waals surface area contributed by atoms with Crippen LogP contribution in [0.15, 0.2) is 218 Å². The maximum Gasteiger partial charge on any atom is 0.534 e. The number of rotatable bonds is 39. The molecule has 1 fully saturated rings. The Hall–Kier alpha value is -12.8. The fourth-order valence-corrected chi connectivity index (χ4v) is 15.8. The van der Waals surface area contributed by atoms with Gasteiger partial charge in [0.05, 0.1) is 80.7 Å². The maximum absolute atomic E-state index is 13.0. The molecule has 0 unspecified atom stereocenters. The SMILES string of the molecule is CCCCCCC(=O)c1cc(OC)ccc1-c1ccc(OC)c2ccccc12.CCCCCCC(=O)c1cc(OC)ccc1O.CCCCCCC(=O)c1cc(OC)ccc1OC.CCCCCCC(=O)c1cc(OC)ccc1OS(=O)(=O)C(F)(F)F.COc1ccc(B2OCC(C)(C)CO2)c2ccccc12.COc1ccc(O)c2ccccc12.COc1ccc(OS(=O)(=O)C(F)(F)F)c2ccccc12. The van der Waals surface area contributed by atoms with Crippen LogP contribution in [0.2, 0.25) is 0 Å². The van der Waals surface area contributed by atoms with E-state index in [-0.39, 0.29) is 64.5 Å². The van der Waals surface area contributed by atoms with E-state index >= 15 is 0 Å². The number of ketones is 4. The van der Waals surface area contributed by atoms with Crippen molar-refractivity contribution in [2.24, 2.45) is 5.41 Å². The second-order valence-electron chi connectivity index (χ2n) is 33.2. The molecule has 1 aliphatic rings. The summed E-state index contributed by atoms with van der Waals surface area (Å²) >= 11 is 0. The average Bonchev–Trinajstić information content (AvgIpc) is 0.787. The smallest absolute Gasteiger partial charge is 0.507 e. The lowest BCUT2D eigenvalue weighted by Gasteiger charge is -2.33. The minimum Gasteiger partial charge on any atom is -0.507 e. The third kappa shape index (κ3) is 33.2. The lowest BCUT2D eigenvalue weighted by Crippen LogP contribution is -2.47. The summed E-state index contributed by atoms with van der Waals surface area (Å²) in [4.78, 5) is 49.3. The molecule has 140 heavy (non-hydrogen) atoms. The van der Waals surface area contributed by atoms with Crippen molar-refractivity contribution < 1.29 is 133 Å². The number of fused-ring (bicyclic) bond motifs is 4. The van der Waals surface area contributed by atoms with E-state index in [1.807, 2.05) is 104 Å². The summed E-state index contributed by atoms with van der Waals surface area (Å²) < 4.78 is 186. The van der Waals surface area contributed by atoms with Gasteiger partial charge in [-0.3, -0.25) is 19.2 Å². The number of carbonyl (C=O) groups excluding carboxylic acids is 4. The highest BCUT2D eigenvalue weighted by molar-refractivity contribution is 7.88. The highest BCUT2D eigenvalue weighted by Gasteiger charge is 2.50. The number of hydrogen-bond donors (Lipinski definition) is 2. The summed E-state index contributed by atoms with van der Waals surface area (Å²) in [6.07, 6.45) is 17.9. The summed E-state index contributed by atoms with van der Waals surface area (Å²) in [6.45, 7) is 14.2. The number of ether oxygens (including phenoxy) is 9. The fraction of sp³-hybridized carbons (Fsp3) is 0.370. The van der Waals surface area contributed by atoms with Crippen molar-refractivity contribution in [2.45, 2.75) is 181 Å². The molecule has 0 saturated carbocycles. The van der Waals surface area contributed by atoms with Crippen molar-refractivity contribution >= 4 is 99.0 Å². The molecule has 1 aliphatic heterocycles. The number of aromatic hydroxyl groups is 2. The summed E-state index contributed by atoms with van der Waals surface area (Å²) in [7, 11) is 2.22. The van der Waals surface area contributed by atoms with Crippen LogP contribution in [0.1, 0.15) is 211 Å². The minimum atomic E-state index is -5.85. The molecule has 0 atom stereocenters. The molecular formula is C108H127BF6O23S2. The van der Waals surface area contributed by atoms with Gasteiger partial charge in [-0.2, -0.15) is 43.2 Å². The van der Waals surface area contributed by atoms with Gasteiger partial charge in [0.25, 0.3) is 0 Å². The Morgan fingerprint density at radius 3 is 1.02 bits per heavy atom. The third-order valence-electron chi connectivity index (χ3n) is 22.4. The van der Waals surface area contributed by atoms with Gasteiger partial charge in [-0.05, 0) is 162 Å². The molecule has 0 radical (unpaired) electrons. The molecule has 32 heteroatoms. The van der Waals surface area contributed by atoms with Gasteiger partial charge in [0.15, 0.2) is 34.6 Å². The predicted molar refractivity (Wildman–Crippen MR) is 537 cm³/mol. The van der Waals surface area contributed by atoms with E-state index in [0.29, 0.717) is 84.2 Å². The first kappa shape index (κ1) is 114. The monoisotopic (exact) mass is 1980 g/mol. The van der Waals surface area contributed by atoms with Gasteiger partial charge < -0.3 is 70.5 Å². The molecule has 23 nitrogen and oxygen atoms in total. The first-order valence-corrected chi connectivity index (χ1v) is 49.0. The van der Waals surface area contributed by atoms with E-state index < -0.39 is 48.5 Å². The van der Waals surface area contributed by atoms with E-state index in [2.05, 4.69) is 61.2 Å². The minimum absolute atomic E-state index is 0.0162. The van der Waals surface area contributed by atoms with E-state index in [1.54, 1.807) is 110 Å². The Bertz CT molecular complexity index is 6260. The summed E-state index contributed by atoms with van der Waals surface area (Å²) in [5.74, 6) is 4.76. The first-order chi connectivity index (χ1) is 66.9. The number of methoxy groups -OCH3 is 9. The normalized spacial score (nSPS) is 12.1. The maximum atomic E-state index is 13.0. The Kier molecular flexibility index (Phi) is 46.1. The highest BCUT2D eigenvalue weighted by Crippen LogP contribution is 2.42. The molecule has 754 valence electrons. The van der Waals surface area contributed by atoms with Crippen molar-refractivity contribution in [1.29, 1.82) is 0 Å². The molecule has 0 aromatic heterocycles. The average molecular weight is 1980 g/mol. The van der Waals surface area contributed by atoms with Crippen LogP contribution in [-0.4, -0.2) is 146 Å². The van der Waals surface area contributed by atoms with Crippen LogP contribution in [0.3, 0.4) is 0 Å². The number of unbranched alkanes of at least 4 members (excludes halogenated alkanes) is 12. The number of halogens is 6. The van der Waals surface area contributed by atoms with Crippen molar-refractivity contribution in [3.05, 3.63) is 241 Å². The summed E-state index contributed by atoms with van der Waals surface area (Å²) in [5, 5.41) is 25.9. The van der Waals surface area contributed by atoms with E-state index in [4.69, 9.17) is 51.9 Å². The molecule has 13 rings (SSSR count). The van der Waals surface area contributed by atoms with Crippen LogP contribution in [-0.2, 0) is 29.5 Å². The zero-order valence-corrected chi connectivity index (χ0v) is 83.6. The second-order valence-corrected chi connectivity index (χ2v) is 36.2. The van der Waals surface area contributed by atoms with Gasteiger partial charge >= 0.3 is 38.4 Å². The lowest BCUT2D eigenvalue weighted by molar-refractivity contribution is -0.0504. The molecule has 1 saturated heterocycles. The number of Topliss-reactive ketones (excluding diaryl/α,β-unsaturated/α-hetero) is 4. The number of phenolic OH excluding ortho intramolecular Hbond substituents is 2. The van der Waals surface area contributed by atoms with Crippen molar-refractivity contribution in [3.63, 3.8) is 0 Å². The van der Waals surface area contributed by atoms with Crippen molar-refractivity contribution in [3.8, 4) is 85.9 Å². The molecule has 0 amide bonds. The first-order valence-electron chi connectivity index (χ1n) is 46.2. The van der Waals surface area contributed by atoms with Crippen LogP contribution >= 0.6 is 0 Å². The summed E-state index contributed by atoms with van der Waals surface area (Å²) in [5.41, 5.74) is -6.46. The number of carbonyl (C=O) groups is 4. The van der Waals surface area contributed by atoms with Gasteiger partial charge in [-0.15, -0.1) is 0 Å². The Morgan fingerprint density at radius 1 is 0.314 bits per heavy atom. The van der Waals surface area contributed by atoms with Crippen LogP contribution in [0, 0.1) is 5.41 Å². The standard InChI is InChI=1S/C25H28O3.C16H19BO3.C15H19F3O5S.C15H22O3.C14H20O3.C12H9F3O4S.C11H10O2/c1-4-5-6-7-12-24(26)23-17-18(27-2)13-14-21(23)20-15-16-25(28-3)22-11-9-8-10-19(20)22;1-16(2)10-19-17(20-11-16)14-8-9-15(18-3)13-7-5-4-6-12(13)14;1-3-4-5-6-7-13(19)12-10-11(22-2)8-9-14(12)23-24(20,21)15(16,17)18;1-4-5-6-7-8-14(16)13-11-12(17-2)9-10-15(13)18-3;1-3-4-5-6-7-13(15)12-10-11(17-2)8-9-14(12)16;1-18-10-6-7-11(9-5-3-2-4-8(9)10)19-20(16,17)12(13,14)15;1-13-11-7-6-10(12)8-4-2-3-5-9(8)11/h8-11,13-17H,4-7,12H2,1-3H3;4-9H,10-11H2,1-3H3;8-10H,3-7H2,1-2H3;9-11H,4-8H2,1-3H3;8-10,16H,3-7H2,1-2H3;2-7H,1H3;2-7,12H,1H3. The van der Waals surface area contributed by atoms with Crippen molar-refractivity contribution in [2.75, 3.05) is 77.2 Å². The van der Waals surface area contributed by atoms with Crippen LogP contribution in [0.4, 0.5) is 26.3 Å². The van der Waals surface area contributed by atoms with E-state index in [0.717, 1.165) is 161 Å². The largest absolute Gasteiger partial charge is 0.534 e. The third-order valence-corrected chi connectivity index (χ3v) is 24.3. The van der Waals surface area contributed by atoms with Gasteiger partial charge in [-0.1, -0.05) is 228 Å². The van der Waals surface area contributed by atoms with Gasteiger partial charge in [0, 0.05) is 82.2 Å². The number of alkyl halides is 6. The van der Waals surface area contributed by atoms with Gasteiger partial charge in [0.1, 0.15) is 63.2 Å². The van der Waals surface area contributed by atoms with Crippen molar-refractivity contribution in [1.82, 2.24) is 0 Å². The number of hydrogen-bond acceptors (Lipinski definition) is 23. The molecule has 0 spiro atoms. The van der Waals surface area contributed by atoms with Gasteiger partial charge in [-0.25, -0.2) is 0 Å². The zero-order chi connectivity index (χ0) is 103. The molecule has 0 aliphatic carbocycles. The Balaban J connectivity index is 0.000000224. The van der Waals surface area contributed by atoms with E-state index in [1.165, 1.54) is 63.8 Å². The van der Waals surface area contributed by atoms with Gasteiger partial charge in [0.2, 0.25) is 0 Å². The molecule has 12 aromatic carbocycles. The summed E-state index contributed by atoms with van der Waals surface area (Å²) in [6, 6.07) is 63.2. The topological polar surface area (TPSA) is 297 Å². The Labute approximate surface area is 817 Å². The quantitative estimate of drug-likeness (QED) is 0.00903. The van der Waals surface area contributed by atoms with Crippen LogP contribution in [0.5, 0.6) is 74.7 Å². The number of phenols is 2. The highest BCUT2D eigenvalue weighted by atomic mass is 32.2. The van der Waals surface area contributed by atoms with E-state index in [9.17, 15) is 72.6 Å².